The first-order valence-corrected chi connectivity index (χ1v) is 9.23. The van der Waals surface area contributed by atoms with Gasteiger partial charge in [-0.2, -0.15) is 5.10 Å². The molecule has 1 unspecified atom stereocenters. The molecule has 1 amide bonds. The highest BCUT2D eigenvalue weighted by Gasteiger charge is 2.20. The van der Waals surface area contributed by atoms with Crippen molar-refractivity contribution >= 4 is 16.9 Å². The Morgan fingerprint density at radius 3 is 2.54 bits per heavy atom. The Labute approximate surface area is 164 Å². The first-order chi connectivity index (χ1) is 13.3. The van der Waals surface area contributed by atoms with Gasteiger partial charge in [0.2, 0.25) is 0 Å². The van der Waals surface area contributed by atoms with Gasteiger partial charge in [-0.3, -0.25) is 4.79 Å². The number of amides is 1. The fourth-order valence-corrected chi connectivity index (χ4v) is 3.24. The second-order valence-electron chi connectivity index (χ2n) is 7.03. The SMILES string of the molecule is COc1ccc(OC)c(C(C)NC(=O)c2cc(C)nc3c2cnn3C(C)C)c1. The minimum atomic E-state index is -0.277. The van der Waals surface area contributed by atoms with E-state index in [2.05, 4.69) is 15.4 Å². The van der Waals surface area contributed by atoms with Crippen LogP contribution in [0.3, 0.4) is 0 Å². The monoisotopic (exact) mass is 382 g/mol. The first-order valence-electron chi connectivity index (χ1n) is 9.23. The van der Waals surface area contributed by atoms with Gasteiger partial charge in [0, 0.05) is 17.3 Å². The van der Waals surface area contributed by atoms with E-state index in [-0.39, 0.29) is 18.0 Å². The van der Waals surface area contributed by atoms with Crippen molar-refractivity contribution in [1.29, 1.82) is 0 Å². The number of aryl methyl sites for hydroxylation is 1. The number of carbonyl (C=O) groups is 1. The van der Waals surface area contributed by atoms with Gasteiger partial charge in [0.05, 0.1) is 37.4 Å². The number of aromatic nitrogens is 3. The summed E-state index contributed by atoms with van der Waals surface area (Å²) in [6.45, 7) is 7.86. The lowest BCUT2D eigenvalue weighted by Crippen LogP contribution is -2.27. The summed E-state index contributed by atoms with van der Waals surface area (Å²) in [6, 6.07) is 7.20. The molecule has 1 N–H and O–H groups in total. The van der Waals surface area contributed by atoms with Crippen molar-refractivity contribution in [1.82, 2.24) is 20.1 Å². The zero-order valence-electron chi connectivity index (χ0n) is 17.1. The van der Waals surface area contributed by atoms with Crippen LogP contribution < -0.4 is 14.8 Å². The first kappa shape index (κ1) is 19.7. The molecule has 0 aliphatic carbocycles. The lowest BCUT2D eigenvalue weighted by molar-refractivity contribution is 0.0941. The molecule has 7 nitrogen and oxygen atoms in total. The van der Waals surface area contributed by atoms with E-state index in [4.69, 9.17) is 9.47 Å². The number of pyridine rings is 1. The van der Waals surface area contributed by atoms with Crippen molar-refractivity contribution in [3.63, 3.8) is 0 Å². The molecule has 0 fully saturated rings. The Balaban J connectivity index is 1.95. The van der Waals surface area contributed by atoms with E-state index in [1.807, 2.05) is 50.6 Å². The molecule has 1 aromatic carbocycles. The molecule has 2 heterocycles. The molecule has 7 heteroatoms. The zero-order valence-corrected chi connectivity index (χ0v) is 17.1. The van der Waals surface area contributed by atoms with Gasteiger partial charge in [-0.25, -0.2) is 9.67 Å². The summed E-state index contributed by atoms with van der Waals surface area (Å²) in [5.41, 5.74) is 2.89. The van der Waals surface area contributed by atoms with E-state index in [0.717, 1.165) is 16.6 Å². The number of ether oxygens (including phenoxy) is 2. The summed E-state index contributed by atoms with van der Waals surface area (Å²) in [5, 5.41) is 8.20. The molecule has 2 aromatic heterocycles. The summed E-state index contributed by atoms with van der Waals surface area (Å²) in [6.07, 6.45) is 1.70. The van der Waals surface area contributed by atoms with E-state index in [9.17, 15) is 4.79 Å². The normalized spacial score (nSPS) is 12.2. The minimum absolute atomic E-state index is 0.155. The van der Waals surface area contributed by atoms with Crippen LogP contribution >= 0.6 is 0 Å². The van der Waals surface area contributed by atoms with Crippen LogP contribution in [0.25, 0.3) is 11.0 Å². The molecule has 0 spiro atoms. The lowest BCUT2D eigenvalue weighted by atomic mass is 10.1. The summed E-state index contributed by atoms with van der Waals surface area (Å²) < 4.78 is 12.6. The average molecular weight is 382 g/mol. The summed E-state index contributed by atoms with van der Waals surface area (Å²) in [4.78, 5) is 17.7. The van der Waals surface area contributed by atoms with Crippen molar-refractivity contribution in [3.05, 3.63) is 47.3 Å². The number of hydrogen-bond acceptors (Lipinski definition) is 5. The standard InChI is InChI=1S/C21H26N4O3/c1-12(2)25-20-18(11-22-25)17(9-13(3)23-20)21(26)24-14(4)16-10-15(27-5)7-8-19(16)28-6/h7-12,14H,1-6H3,(H,24,26). The molecule has 0 saturated carbocycles. The van der Waals surface area contributed by atoms with Crippen LogP contribution in [0.15, 0.2) is 30.5 Å². The molecule has 148 valence electrons. The number of hydrogen-bond donors (Lipinski definition) is 1. The topological polar surface area (TPSA) is 78.3 Å². The predicted molar refractivity (Wildman–Crippen MR) is 108 cm³/mol. The van der Waals surface area contributed by atoms with Crippen LogP contribution in [0.5, 0.6) is 11.5 Å². The van der Waals surface area contributed by atoms with Gasteiger partial charge in [0.15, 0.2) is 5.65 Å². The van der Waals surface area contributed by atoms with Crippen LogP contribution in [0.1, 0.15) is 54.5 Å². The van der Waals surface area contributed by atoms with Crippen molar-refractivity contribution in [2.75, 3.05) is 14.2 Å². The van der Waals surface area contributed by atoms with Crippen molar-refractivity contribution in [2.45, 2.75) is 39.8 Å². The minimum Gasteiger partial charge on any atom is -0.497 e. The fourth-order valence-electron chi connectivity index (χ4n) is 3.24. The summed E-state index contributed by atoms with van der Waals surface area (Å²) in [7, 11) is 3.22. The highest BCUT2D eigenvalue weighted by molar-refractivity contribution is 6.05. The van der Waals surface area contributed by atoms with Crippen molar-refractivity contribution in [2.24, 2.45) is 0 Å². The highest BCUT2D eigenvalue weighted by Crippen LogP contribution is 2.30. The van der Waals surface area contributed by atoms with Crippen LogP contribution in [-0.2, 0) is 0 Å². The number of methoxy groups -OCH3 is 2. The fraction of sp³-hybridized carbons (Fsp3) is 0.381. The van der Waals surface area contributed by atoms with E-state index in [1.54, 1.807) is 26.5 Å². The maximum absolute atomic E-state index is 13.1. The van der Waals surface area contributed by atoms with Crippen LogP contribution in [0.4, 0.5) is 0 Å². The molecule has 0 bridgehead atoms. The second kappa shape index (κ2) is 7.88. The number of benzene rings is 1. The van der Waals surface area contributed by atoms with Gasteiger partial charge in [0.1, 0.15) is 11.5 Å². The van der Waals surface area contributed by atoms with Gasteiger partial charge in [-0.15, -0.1) is 0 Å². The molecular weight excluding hydrogens is 356 g/mol. The van der Waals surface area contributed by atoms with Crippen LogP contribution in [0.2, 0.25) is 0 Å². The Bertz CT molecular complexity index is 1010. The zero-order chi connectivity index (χ0) is 20.4. The maximum Gasteiger partial charge on any atom is 0.252 e. The Kier molecular flexibility index (Phi) is 5.53. The number of fused-ring (bicyclic) bond motifs is 1. The summed E-state index contributed by atoms with van der Waals surface area (Å²) >= 11 is 0. The molecule has 0 aliphatic heterocycles. The number of nitrogens with zero attached hydrogens (tertiary/aromatic N) is 3. The van der Waals surface area contributed by atoms with Crippen LogP contribution in [-0.4, -0.2) is 34.9 Å². The van der Waals surface area contributed by atoms with Gasteiger partial charge in [0.25, 0.3) is 5.91 Å². The maximum atomic E-state index is 13.1. The highest BCUT2D eigenvalue weighted by atomic mass is 16.5. The number of rotatable bonds is 6. The third-order valence-corrected chi connectivity index (χ3v) is 4.68. The Morgan fingerprint density at radius 2 is 1.89 bits per heavy atom. The molecule has 0 radical (unpaired) electrons. The molecule has 3 rings (SSSR count). The van der Waals surface area contributed by atoms with Gasteiger partial charge in [-0.05, 0) is 52.0 Å². The summed E-state index contributed by atoms with van der Waals surface area (Å²) in [5.74, 6) is 1.21. The van der Waals surface area contributed by atoms with Crippen LogP contribution in [0, 0.1) is 6.92 Å². The van der Waals surface area contributed by atoms with E-state index < -0.39 is 0 Å². The molecular formula is C21H26N4O3. The molecule has 1 atom stereocenters. The molecule has 0 saturated heterocycles. The Hall–Kier alpha value is -3.09. The number of carbonyl (C=O) groups excluding carboxylic acids is 1. The average Bonchev–Trinajstić information content (AvgIpc) is 3.10. The largest absolute Gasteiger partial charge is 0.497 e. The second-order valence-corrected chi connectivity index (χ2v) is 7.03. The van der Waals surface area contributed by atoms with E-state index >= 15 is 0 Å². The van der Waals surface area contributed by atoms with Crippen molar-refractivity contribution < 1.29 is 14.3 Å². The van der Waals surface area contributed by atoms with E-state index in [0.29, 0.717) is 22.7 Å². The Morgan fingerprint density at radius 1 is 1.14 bits per heavy atom. The van der Waals surface area contributed by atoms with Gasteiger partial charge in [-0.1, -0.05) is 0 Å². The predicted octanol–water partition coefficient (Wildman–Crippen LogP) is 3.83. The third-order valence-electron chi connectivity index (χ3n) is 4.68. The molecule has 28 heavy (non-hydrogen) atoms. The third kappa shape index (κ3) is 3.65. The van der Waals surface area contributed by atoms with E-state index in [1.165, 1.54) is 0 Å². The molecule has 0 aliphatic rings. The quantitative estimate of drug-likeness (QED) is 0.701. The smallest absolute Gasteiger partial charge is 0.252 e. The molecule has 3 aromatic rings. The lowest BCUT2D eigenvalue weighted by Gasteiger charge is -2.18. The number of nitrogens with one attached hydrogen (secondary N) is 1. The van der Waals surface area contributed by atoms with Gasteiger partial charge >= 0.3 is 0 Å². The van der Waals surface area contributed by atoms with Crippen molar-refractivity contribution in [3.8, 4) is 11.5 Å². The van der Waals surface area contributed by atoms with Gasteiger partial charge < -0.3 is 14.8 Å².